The topological polar surface area (TPSA) is 40.5 Å². The van der Waals surface area contributed by atoms with Crippen LogP contribution in [0.15, 0.2) is 42.2 Å². The fourth-order valence-electron chi connectivity index (χ4n) is 1.64. The van der Waals surface area contributed by atoms with E-state index in [-0.39, 0.29) is 11.5 Å². The summed E-state index contributed by atoms with van der Waals surface area (Å²) in [5.74, 6) is 0.392. The zero-order valence-electron chi connectivity index (χ0n) is 9.42. The predicted molar refractivity (Wildman–Crippen MR) is 89.8 cm³/mol. The van der Waals surface area contributed by atoms with Gasteiger partial charge in [0.2, 0.25) is 0 Å². The SMILES string of the molecule is Oc1ccc(Cc2ccc(O)c(Br)c2Br)c(Br)c1Br. The Hall–Kier alpha value is -0.0400. The van der Waals surface area contributed by atoms with Gasteiger partial charge in [0.1, 0.15) is 11.5 Å². The van der Waals surface area contributed by atoms with Gasteiger partial charge in [0.15, 0.2) is 0 Å². The molecule has 0 spiro atoms. The van der Waals surface area contributed by atoms with E-state index in [2.05, 4.69) is 63.7 Å². The van der Waals surface area contributed by atoms with Gasteiger partial charge >= 0.3 is 0 Å². The number of aromatic hydroxyl groups is 2. The van der Waals surface area contributed by atoms with Crippen LogP contribution in [0.1, 0.15) is 11.1 Å². The number of phenols is 2. The Bertz CT molecular complexity index is 586. The van der Waals surface area contributed by atoms with Crippen molar-refractivity contribution in [3.63, 3.8) is 0 Å². The molecule has 0 saturated heterocycles. The lowest BCUT2D eigenvalue weighted by Gasteiger charge is -2.11. The van der Waals surface area contributed by atoms with E-state index in [9.17, 15) is 10.2 Å². The first kappa shape index (κ1) is 15.4. The first-order valence-corrected chi connectivity index (χ1v) is 8.40. The zero-order chi connectivity index (χ0) is 14.2. The predicted octanol–water partition coefficient (Wildman–Crippen LogP) is 5.74. The van der Waals surface area contributed by atoms with Gasteiger partial charge in [-0.3, -0.25) is 0 Å². The van der Waals surface area contributed by atoms with Gasteiger partial charge in [0.05, 0.1) is 8.95 Å². The number of halogens is 4. The maximum absolute atomic E-state index is 9.60. The molecule has 100 valence electrons. The van der Waals surface area contributed by atoms with Crippen molar-refractivity contribution in [3.8, 4) is 11.5 Å². The van der Waals surface area contributed by atoms with Crippen LogP contribution in [0, 0.1) is 0 Å². The van der Waals surface area contributed by atoms with Gasteiger partial charge in [-0.15, -0.1) is 0 Å². The standard InChI is InChI=1S/C13H8Br4O2/c14-10-6(1-3-8(18)12(10)16)5-7-2-4-9(19)13(17)11(7)15/h1-4,18-19H,5H2. The van der Waals surface area contributed by atoms with Crippen molar-refractivity contribution >= 4 is 63.7 Å². The number of phenolic OH excluding ortho intramolecular Hbond substituents is 2. The number of benzene rings is 2. The van der Waals surface area contributed by atoms with Crippen LogP contribution >= 0.6 is 63.7 Å². The van der Waals surface area contributed by atoms with Crippen LogP contribution in [-0.2, 0) is 6.42 Å². The molecule has 0 bridgehead atoms. The molecule has 0 aromatic heterocycles. The Morgan fingerprint density at radius 2 is 1.00 bits per heavy atom. The van der Waals surface area contributed by atoms with Crippen LogP contribution < -0.4 is 0 Å². The van der Waals surface area contributed by atoms with Crippen LogP contribution in [0.4, 0.5) is 0 Å². The Balaban J connectivity index is 2.43. The molecule has 2 aromatic carbocycles. The molecular weight excluding hydrogens is 508 g/mol. The normalized spacial score (nSPS) is 10.7. The van der Waals surface area contributed by atoms with Crippen LogP contribution in [-0.4, -0.2) is 10.2 Å². The van der Waals surface area contributed by atoms with Crippen molar-refractivity contribution in [2.45, 2.75) is 6.42 Å². The van der Waals surface area contributed by atoms with Crippen molar-refractivity contribution in [1.29, 1.82) is 0 Å². The molecule has 0 fully saturated rings. The number of hydrogen-bond acceptors (Lipinski definition) is 2. The highest BCUT2D eigenvalue weighted by molar-refractivity contribution is 9.13. The molecule has 0 amide bonds. The van der Waals surface area contributed by atoms with Crippen molar-refractivity contribution in [3.05, 3.63) is 53.3 Å². The van der Waals surface area contributed by atoms with E-state index in [0.717, 1.165) is 20.1 Å². The highest BCUT2D eigenvalue weighted by atomic mass is 79.9. The van der Waals surface area contributed by atoms with Gasteiger partial charge < -0.3 is 10.2 Å². The lowest BCUT2D eigenvalue weighted by molar-refractivity contribution is 0.471. The molecule has 19 heavy (non-hydrogen) atoms. The molecule has 0 aliphatic carbocycles. The Labute approximate surface area is 144 Å². The Morgan fingerprint density at radius 3 is 1.37 bits per heavy atom. The highest BCUT2D eigenvalue weighted by Crippen LogP contribution is 2.38. The summed E-state index contributed by atoms with van der Waals surface area (Å²) in [6.07, 6.45) is 0.666. The second-order valence-electron chi connectivity index (χ2n) is 3.92. The monoisotopic (exact) mass is 512 g/mol. The maximum Gasteiger partial charge on any atom is 0.130 e. The minimum atomic E-state index is 0.196. The average molecular weight is 516 g/mol. The molecule has 0 unspecified atom stereocenters. The van der Waals surface area contributed by atoms with Gasteiger partial charge in [0.25, 0.3) is 0 Å². The highest BCUT2D eigenvalue weighted by Gasteiger charge is 2.13. The summed E-state index contributed by atoms with van der Waals surface area (Å²) >= 11 is 13.6. The van der Waals surface area contributed by atoms with Crippen LogP contribution in [0.2, 0.25) is 0 Å². The van der Waals surface area contributed by atoms with Crippen molar-refractivity contribution < 1.29 is 10.2 Å². The molecule has 6 heteroatoms. The van der Waals surface area contributed by atoms with Crippen molar-refractivity contribution in [2.75, 3.05) is 0 Å². The first-order chi connectivity index (χ1) is 8.91. The summed E-state index contributed by atoms with van der Waals surface area (Å²) in [6, 6.07) is 7.01. The smallest absolute Gasteiger partial charge is 0.130 e. The molecule has 2 aromatic rings. The summed E-state index contributed by atoms with van der Waals surface area (Å²) in [4.78, 5) is 0. The van der Waals surface area contributed by atoms with Gasteiger partial charge in [-0.05, 0) is 93.4 Å². The molecular formula is C13H8Br4O2. The Kier molecular flexibility index (Phi) is 4.98. The summed E-state index contributed by atoms with van der Waals surface area (Å²) in [5.41, 5.74) is 2.06. The largest absolute Gasteiger partial charge is 0.507 e. The molecule has 0 aliphatic heterocycles. The average Bonchev–Trinajstić information content (AvgIpc) is 2.39. The molecule has 2 nitrogen and oxygen atoms in total. The molecule has 2 rings (SSSR count). The summed E-state index contributed by atoms with van der Waals surface area (Å²) in [6.45, 7) is 0. The minimum absolute atomic E-state index is 0.196. The fourth-order valence-corrected chi connectivity index (χ4v) is 3.36. The molecule has 2 N–H and O–H groups in total. The molecule has 0 radical (unpaired) electrons. The lowest BCUT2D eigenvalue weighted by Crippen LogP contribution is -1.93. The van der Waals surface area contributed by atoms with Gasteiger partial charge in [-0.2, -0.15) is 0 Å². The third-order valence-corrected chi connectivity index (χ3v) is 7.15. The molecule has 0 aliphatic rings. The fraction of sp³-hybridized carbons (Fsp3) is 0.0769. The van der Waals surface area contributed by atoms with E-state index in [1.165, 1.54) is 0 Å². The van der Waals surface area contributed by atoms with Crippen molar-refractivity contribution in [1.82, 2.24) is 0 Å². The second kappa shape index (κ2) is 6.16. The maximum atomic E-state index is 9.60. The van der Waals surface area contributed by atoms with Gasteiger partial charge in [-0.25, -0.2) is 0 Å². The third-order valence-electron chi connectivity index (χ3n) is 2.66. The summed E-state index contributed by atoms with van der Waals surface area (Å²) in [7, 11) is 0. The minimum Gasteiger partial charge on any atom is -0.507 e. The summed E-state index contributed by atoms with van der Waals surface area (Å²) < 4.78 is 2.92. The van der Waals surface area contributed by atoms with Crippen LogP contribution in [0.25, 0.3) is 0 Å². The Morgan fingerprint density at radius 1 is 0.632 bits per heavy atom. The van der Waals surface area contributed by atoms with Gasteiger partial charge in [0, 0.05) is 8.95 Å². The molecule has 0 heterocycles. The number of rotatable bonds is 2. The first-order valence-electron chi connectivity index (χ1n) is 5.23. The number of hydrogen-bond donors (Lipinski definition) is 2. The van der Waals surface area contributed by atoms with E-state index in [0.29, 0.717) is 15.4 Å². The summed E-state index contributed by atoms with van der Waals surface area (Å²) in [5, 5.41) is 19.2. The van der Waals surface area contributed by atoms with E-state index < -0.39 is 0 Å². The van der Waals surface area contributed by atoms with E-state index in [1.807, 2.05) is 12.1 Å². The third kappa shape index (κ3) is 3.17. The van der Waals surface area contributed by atoms with Crippen LogP contribution in [0.3, 0.4) is 0 Å². The van der Waals surface area contributed by atoms with Crippen LogP contribution in [0.5, 0.6) is 11.5 Å². The van der Waals surface area contributed by atoms with Crippen molar-refractivity contribution in [2.24, 2.45) is 0 Å². The van der Waals surface area contributed by atoms with E-state index in [1.54, 1.807) is 12.1 Å². The van der Waals surface area contributed by atoms with E-state index >= 15 is 0 Å². The lowest BCUT2D eigenvalue weighted by atomic mass is 10.0. The second-order valence-corrected chi connectivity index (χ2v) is 7.09. The molecule has 0 saturated carbocycles. The molecule has 0 atom stereocenters. The van der Waals surface area contributed by atoms with Gasteiger partial charge in [-0.1, -0.05) is 12.1 Å². The quantitative estimate of drug-likeness (QED) is 0.536. The van der Waals surface area contributed by atoms with E-state index in [4.69, 9.17) is 0 Å². The zero-order valence-corrected chi connectivity index (χ0v) is 15.8.